The van der Waals surface area contributed by atoms with Crippen molar-refractivity contribution in [2.75, 3.05) is 14.2 Å². The maximum Gasteiger partial charge on any atom is 0.338 e. The van der Waals surface area contributed by atoms with Gasteiger partial charge in [0.2, 0.25) is 0 Å². The molecule has 0 aliphatic heterocycles. The number of carbonyl (C=O) groups is 2. The van der Waals surface area contributed by atoms with Crippen molar-refractivity contribution in [2.24, 2.45) is 17.3 Å². The lowest BCUT2D eigenvalue weighted by molar-refractivity contribution is -0.159. The minimum absolute atomic E-state index is 0.0846. The maximum absolute atomic E-state index is 13.3. The van der Waals surface area contributed by atoms with Crippen molar-refractivity contribution in [1.82, 2.24) is 0 Å². The van der Waals surface area contributed by atoms with Crippen molar-refractivity contribution >= 4 is 11.9 Å². The van der Waals surface area contributed by atoms with Gasteiger partial charge >= 0.3 is 11.9 Å². The Morgan fingerprint density at radius 1 is 1.11 bits per heavy atom. The Hall–Kier alpha value is -2.80. The fraction of sp³-hybridized carbons (Fsp3) is 0.586. The van der Waals surface area contributed by atoms with E-state index in [1.54, 1.807) is 38.1 Å². The minimum atomic E-state index is -1.09. The molecule has 5 atom stereocenters. The first-order chi connectivity index (χ1) is 16.9. The van der Waals surface area contributed by atoms with Crippen LogP contribution >= 0.6 is 0 Å². The number of rotatable bonds is 7. The Kier molecular flexibility index (Phi) is 8.23. The van der Waals surface area contributed by atoms with E-state index in [0.29, 0.717) is 41.9 Å². The summed E-state index contributed by atoms with van der Waals surface area (Å²) in [4.78, 5) is 26.1. The van der Waals surface area contributed by atoms with E-state index in [1.165, 1.54) is 14.2 Å². The predicted octanol–water partition coefficient (Wildman–Crippen LogP) is 5.26. The van der Waals surface area contributed by atoms with E-state index >= 15 is 0 Å². The van der Waals surface area contributed by atoms with Gasteiger partial charge in [0.15, 0.2) is 11.5 Å². The molecule has 1 N–H and O–H groups in total. The number of hydrogen-bond acceptors (Lipinski definition) is 7. The smallest absolute Gasteiger partial charge is 0.338 e. The Labute approximate surface area is 214 Å². The number of allylic oxidation sites excluding steroid dienone is 1. The fourth-order valence-corrected chi connectivity index (χ4v) is 5.79. The van der Waals surface area contributed by atoms with Crippen molar-refractivity contribution in [3.63, 3.8) is 0 Å². The van der Waals surface area contributed by atoms with Crippen molar-refractivity contribution in [1.29, 1.82) is 0 Å². The molecular weight excluding hydrogens is 460 g/mol. The van der Waals surface area contributed by atoms with E-state index in [-0.39, 0.29) is 11.9 Å². The van der Waals surface area contributed by atoms with Gasteiger partial charge in [-0.3, -0.25) is 0 Å². The van der Waals surface area contributed by atoms with Crippen LogP contribution in [0.4, 0.5) is 0 Å². The first kappa shape index (κ1) is 27.8. The molecule has 2 aliphatic rings. The molecule has 0 heterocycles. The Morgan fingerprint density at radius 3 is 2.36 bits per heavy atom. The Morgan fingerprint density at radius 2 is 1.78 bits per heavy atom. The van der Waals surface area contributed by atoms with Gasteiger partial charge in [-0.05, 0) is 63.8 Å². The molecule has 1 aromatic rings. The fourth-order valence-electron chi connectivity index (χ4n) is 5.79. The van der Waals surface area contributed by atoms with Gasteiger partial charge in [0.05, 0.1) is 25.4 Å². The van der Waals surface area contributed by atoms with Crippen LogP contribution in [0, 0.1) is 17.3 Å². The zero-order chi connectivity index (χ0) is 26.8. The van der Waals surface area contributed by atoms with Gasteiger partial charge in [-0.2, -0.15) is 0 Å². The molecule has 0 spiro atoms. The van der Waals surface area contributed by atoms with E-state index in [4.69, 9.17) is 18.9 Å². The highest BCUT2D eigenvalue weighted by Gasteiger charge is 2.63. The molecule has 1 saturated carbocycles. The molecule has 7 nitrogen and oxygen atoms in total. The number of methoxy groups -OCH3 is 2. The molecule has 0 bridgehead atoms. The van der Waals surface area contributed by atoms with Crippen LogP contribution in [0.3, 0.4) is 0 Å². The summed E-state index contributed by atoms with van der Waals surface area (Å²) in [7, 11) is 3.04. The number of hydrogen-bond donors (Lipinski definition) is 1. The Bertz CT molecular complexity index is 1060. The van der Waals surface area contributed by atoms with Crippen LogP contribution in [-0.2, 0) is 14.3 Å². The van der Waals surface area contributed by atoms with Gasteiger partial charge in [-0.25, -0.2) is 9.59 Å². The molecule has 0 saturated heterocycles. The summed E-state index contributed by atoms with van der Waals surface area (Å²) in [5.74, 6) is -0.465. The molecule has 0 amide bonds. The SMILES string of the molecule is C/C=C(/C)C(=O)O[C@@H]1C=C(C)C[C@H](OC(=O)c2ccc(OC)c(OC)c2)[C@@H]2[C@]1(C)CC[C@@]2(O)C(C)C. The molecule has 0 aromatic heterocycles. The average molecular weight is 501 g/mol. The third kappa shape index (κ3) is 5.03. The van der Waals surface area contributed by atoms with Crippen molar-refractivity contribution in [3.8, 4) is 11.5 Å². The van der Waals surface area contributed by atoms with Crippen molar-refractivity contribution in [2.45, 2.75) is 78.6 Å². The van der Waals surface area contributed by atoms with E-state index in [9.17, 15) is 14.7 Å². The lowest BCUT2D eigenvalue weighted by Gasteiger charge is -2.45. The van der Waals surface area contributed by atoms with Crippen LogP contribution in [0.1, 0.15) is 71.2 Å². The van der Waals surface area contributed by atoms with E-state index in [1.807, 2.05) is 33.8 Å². The predicted molar refractivity (Wildman–Crippen MR) is 137 cm³/mol. The number of esters is 2. The molecular formula is C29H40O7. The van der Waals surface area contributed by atoms with Gasteiger partial charge < -0.3 is 24.1 Å². The second kappa shape index (κ2) is 10.7. The quantitative estimate of drug-likeness (QED) is 0.310. The third-order valence-corrected chi connectivity index (χ3v) is 8.16. The molecule has 2 aliphatic carbocycles. The number of fused-ring (bicyclic) bond motifs is 1. The van der Waals surface area contributed by atoms with Crippen LogP contribution < -0.4 is 9.47 Å². The molecule has 1 aromatic carbocycles. The van der Waals surface area contributed by atoms with Crippen LogP contribution in [0.2, 0.25) is 0 Å². The summed E-state index contributed by atoms with van der Waals surface area (Å²) in [6, 6.07) is 4.89. The molecule has 0 radical (unpaired) electrons. The standard InChI is InChI=1S/C29H40O7/c1-9-19(5)26(30)36-24-15-18(4)14-23(25-28(24,6)12-13-29(25,32)17(2)3)35-27(31)20-10-11-21(33-7)22(16-20)34-8/h9-11,15-17,23-25,32H,12-14H2,1-8H3/b19-9-/t23-,24+,25+,28+,29+/m0/s1. The summed E-state index contributed by atoms with van der Waals surface area (Å²) in [6.45, 7) is 11.5. The van der Waals surface area contributed by atoms with Crippen LogP contribution in [-0.4, -0.2) is 49.1 Å². The highest BCUT2D eigenvalue weighted by Crippen LogP contribution is 2.58. The van der Waals surface area contributed by atoms with E-state index in [2.05, 4.69) is 0 Å². The molecule has 1 fully saturated rings. The van der Waals surface area contributed by atoms with Gasteiger partial charge in [0, 0.05) is 23.3 Å². The number of aliphatic hydroxyl groups is 1. The molecule has 0 unspecified atom stereocenters. The van der Waals surface area contributed by atoms with Crippen molar-refractivity contribution < 1.29 is 33.6 Å². The topological polar surface area (TPSA) is 91.3 Å². The summed E-state index contributed by atoms with van der Waals surface area (Å²) in [5, 5.41) is 11.9. The molecule has 198 valence electrons. The lowest BCUT2D eigenvalue weighted by atomic mass is 9.66. The summed E-state index contributed by atoms with van der Waals surface area (Å²) < 4.78 is 22.8. The monoisotopic (exact) mass is 500 g/mol. The second-order valence-electron chi connectivity index (χ2n) is 10.7. The second-order valence-corrected chi connectivity index (χ2v) is 10.7. The highest BCUT2D eigenvalue weighted by molar-refractivity contribution is 5.90. The van der Waals surface area contributed by atoms with Gasteiger partial charge in [-0.1, -0.05) is 32.4 Å². The summed E-state index contributed by atoms with van der Waals surface area (Å²) >= 11 is 0. The first-order valence-corrected chi connectivity index (χ1v) is 12.6. The first-order valence-electron chi connectivity index (χ1n) is 12.6. The van der Waals surface area contributed by atoms with Crippen LogP contribution in [0.15, 0.2) is 41.5 Å². The van der Waals surface area contributed by atoms with Crippen LogP contribution in [0.5, 0.6) is 11.5 Å². The van der Waals surface area contributed by atoms with Gasteiger partial charge in [-0.15, -0.1) is 0 Å². The molecule has 36 heavy (non-hydrogen) atoms. The number of carbonyl (C=O) groups excluding carboxylic acids is 2. The maximum atomic E-state index is 13.3. The minimum Gasteiger partial charge on any atom is -0.493 e. The highest BCUT2D eigenvalue weighted by atomic mass is 16.6. The molecule has 7 heteroatoms. The zero-order valence-electron chi connectivity index (χ0n) is 22.7. The normalized spacial score (nSPS) is 30.2. The largest absolute Gasteiger partial charge is 0.493 e. The van der Waals surface area contributed by atoms with Crippen molar-refractivity contribution in [3.05, 3.63) is 47.1 Å². The lowest BCUT2D eigenvalue weighted by Crippen LogP contribution is -2.53. The van der Waals surface area contributed by atoms with Gasteiger partial charge in [0.25, 0.3) is 0 Å². The summed E-state index contributed by atoms with van der Waals surface area (Å²) in [5.41, 5.74) is 0.0915. The summed E-state index contributed by atoms with van der Waals surface area (Å²) in [6.07, 6.45) is 4.13. The van der Waals surface area contributed by atoms with Gasteiger partial charge in [0.1, 0.15) is 12.2 Å². The number of benzene rings is 1. The number of ether oxygens (including phenoxy) is 4. The average Bonchev–Trinajstić information content (AvgIpc) is 3.09. The molecule has 3 rings (SSSR count). The van der Waals surface area contributed by atoms with E-state index in [0.717, 1.165) is 5.57 Å². The zero-order valence-corrected chi connectivity index (χ0v) is 22.7. The van der Waals surface area contributed by atoms with E-state index < -0.39 is 35.1 Å². The Balaban J connectivity index is 2.01. The van der Waals surface area contributed by atoms with Crippen LogP contribution in [0.25, 0.3) is 0 Å². The third-order valence-electron chi connectivity index (χ3n) is 8.16.